The number of piperazine rings is 1. The van der Waals surface area contributed by atoms with Crippen LogP contribution in [0.25, 0.3) is 0 Å². The molecule has 124 valence electrons. The van der Waals surface area contributed by atoms with E-state index in [1.165, 1.54) is 12.1 Å². The minimum atomic E-state index is 0. The van der Waals surface area contributed by atoms with Crippen molar-refractivity contribution in [1.29, 1.82) is 0 Å². The van der Waals surface area contributed by atoms with Crippen LogP contribution in [0.4, 0.5) is 5.69 Å². The Hall–Kier alpha value is -0.980. The van der Waals surface area contributed by atoms with E-state index in [2.05, 4.69) is 64.3 Å². The molecule has 5 heteroatoms. The second-order valence-corrected chi connectivity index (χ2v) is 5.97. The number of halogens is 1. The molecule has 0 radical (unpaired) electrons. The Morgan fingerprint density at radius 3 is 2.32 bits per heavy atom. The Bertz CT molecular complexity index is 439. The van der Waals surface area contributed by atoms with E-state index < -0.39 is 0 Å². The Labute approximate surface area is 152 Å². The van der Waals surface area contributed by atoms with Crippen molar-refractivity contribution in [3.8, 4) is 0 Å². The van der Waals surface area contributed by atoms with Gasteiger partial charge in [-0.1, -0.05) is 32.0 Å². The van der Waals surface area contributed by atoms with Crippen LogP contribution >= 0.6 is 24.0 Å². The van der Waals surface area contributed by atoms with Gasteiger partial charge in [-0.25, -0.2) is 0 Å². The molecule has 1 saturated heterocycles. The normalized spacial score (nSPS) is 15.7. The zero-order valence-corrected chi connectivity index (χ0v) is 16.3. The third-order valence-corrected chi connectivity index (χ3v) is 3.92. The molecule has 1 N–H and O–H groups in total. The zero-order chi connectivity index (χ0) is 15.1. The van der Waals surface area contributed by atoms with Crippen LogP contribution in [0.2, 0.25) is 0 Å². The summed E-state index contributed by atoms with van der Waals surface area (Å²) in [6.07, 6.45) is 1.18. The van der Waals surface area contributed by atoms with Crippen molar-refractivity contribution < 1.29 is 0 Å². The number of hydrogen-bond acceptors (Lipinski definition) is 2. The summed E-state index contributed by atoms with van der Waals surface area (Å²) in [5.41, 5.74) is 1.32. The van der Waals surface area contributed by atoms with Gasteiger partial charge >= 0.3 is 0 Å². The number of benzene rings is 1. The first-order valence-electron chi connectivity index (χ1n) is 7.96. The molecule has 4 nitrogen and oxygen atoms in total. The number of rotatable bonds is 4. The number of aliphatic imine (C=N–C) groups is 1. The van der Waals surface area contributed by atoms with Gasteiger partial charge in [0.25, 0.3) is 0 Å². The van der Waals surface area contributed by atoms with E-state index in [0.29, 0.717) is 0 Å². The lowest BCUT2D eigenvalue weighted by atomic mass is 10.1. The first-order valence-corrected chi connectivity index (χ1v) is 7.96. The SMILES string of the molecule is CN=C(NCCC(C)C)N1CCN(c2ccccc2)CC1.I. The Kier molecular flexibility index (Phi) is 8.60. The largest absolute Gasteiger partial charge is 0.368 e. The second kappa shape index (κ2) is 9.92. The van der Waals surface area contributed by atoms with Crippen LogP contribution in [0.1, 0.15) is 20.3 Å². The van der Waals surface area contributed by atoms with Gasteiger partial charge in [0.05, 0.1) is 0 Å². The Balaban J connectivity index is 0.00000242. The maximum absolute atomic E-state index is 4.42. The van der Waals surface area contributed by atoms with E-state index in [0.717, 1.165) is 44.6 Å². The summed E-state index contributed by atoms with van der Waals surface area (Å²) in [5, 5.41) is 3.48. The lowest BCUT2D eigenvalue weighted by Crippen LogP contribution is -2.52. The smallest absolute Gasteiger partial charge is 0.193 e. The molecule has 0 atom stereocenters. The molecule has 0 aromatic heterocycles. The van der Waals surface area contributed by atoms with Gasteiger partial charge in [0.15, 0.2) is 5.96 Å². The van der Waals surface area contributed by atoms with E-state index in [1.807, 2.05) is 7.05 Å². The number of nitrogens with zero attached hydrogens (tertiary/aromatic N) is 3. The summed E-state index contributed by atoms with van der Waals surface area (Å²) >= 11 is 0. The number of para-hydroxylation sites is 1. The van der Waals surface area contributed by atoms with Crippen molar-refractivity contribution in [2.45, 2.75) is 20.3 Å². The van der Waals surface area contributed by atoms with E-state index >= 15 is 0 Å². The number of nitrogens with one attached hydrogen (secondary N) is 1. The number of anilines is 1. The van der Waals surface area contributed by atoms with E-state index in [9.17, 15) is 0 Å². The highest BCUT2D eigenvalue weighted by molar-refractivity contribution is 14.0. The number of guanidine groups is 1. The van der Waals surface area contributed by atoms with Crippen LogP contribution < -0.4 is 10.2 Å². The average molecular weight is 416 g/mol. The molecule has 0 unspecified atom stereocenters. The third kappa shape index (κ3) is 5.66. The van der Waals surface area contributed by atoms with Crippen molar-refractivity contribution in [2.24, 2.45) is 10.9 Å². The zero-order valence-electron chi connectivity index (χ0n) is 14.0. The molecule has 1 fully saturated rings. The lowest BCUT2D eigenvalue weighted by molar-refractivity contribution is 0.371. The molecule has 0 bridgehead atoms. The van der Waals surface area contributed by atoms with E-state index in [4.69, 9.17) is 0 Å². The Morgan fingerprint density at radius 2 is 1.77 bits per heavy atom. The van der Waals surface area contributed by atoms with Crippen LogP contribution in [0.5, 0.6) is 0 Å². The molecule has 1 aliphatic heterocycles. The van der Waals surface area contributed by atoms with Crippen LogP contribution in [-0.4, -0.2) is 50.6 Å². The molecule has 1 aliphatic rings. The minimum absolute atomic E-state index is 0. The predicted octanol–water partition coefficient (Wildman–Crippen LogP) is 3.05. The highest BCUT2D eigenvalue weighted by Gasteiger charge is 2.19. The predicted molar refractivity (Wildman–Crippen MR) is 106 cm³/mol. The van der Waals surface area contributed by atoms with Crippen LogP contribution in [0.3, 0.4) is 0 Å². The van der Waals surface area contributed by atoms with Gasteiger partial charge < -0.3 is 15.1 Å². The Morgan fingerprint density at radius 1 is 1.14 bits per heavy atom. The van der Waals surface area contributed by atoms with Crippen molar-refractivity contribution in [2.75, 3.05) is 44.7 Å². The van der Waals surface area contributed by atoms with E-state index in [1.54, 1.807) is 0 Å². The molecule has 0 spiro atoms. The van der Waals surface area contributed by atoms with E-state index in [-0.39, 0.29) is 24.0 Å². The second-order valence-electron chi connectivity index (χ2n) is 5.97. The maximum atomic E-state index is 4.42. The van der Waals surface area contributed by atoms with Crippen LogP contribution in [0, 0.1) is 5.92 Å². The summed E-state index contributed by atoms with van der Waals surface area (Å²) in [4.78, 5) is 9.22. The average Bonchev–Trinajstić information content (AvgIpc) is 2.52. The van der Waals surface area contributed by atoms with Gasteiger partial charge in [0.2, 0.25) is 0 Å². The van der Waals surface area contributed by atoms with Crippen LogP contribution in [0.15, 0.2) is 35.3 Å². The molecule has 1 aromatic carbocycles. The van der Waals surface area contributed by atoms with Crippen molar-refractivity contribution in [3.63, 3.8) is 0 Å². The van der Waals surface area contributed by atoms with Gasteiger partial charge in [-0.05, 0) is 24.5 Å². The van der Waals surface area contributed by atoms with Crippen LogP contribution in [-0.2, 0) is 0 Å². The molecule has 22 heavy (non-hydrogen) atoms. The highest BCUT2D eigenvalue weighted by Crippen LogP contribution is 2.15. The summed E-state index contributed by atoms with van der Waals surface area (Å²) in [7, 11) is 1.88. The number of hydrogen-bond donors (Lipinski definition) is 1. The monoisotopic (exact) mass is 416 g/mol. The molecule has 0 amide bonds. The van der Waals surface area contributed by atoms with Crippen molar-refractivity contribution in [1.82, 2.24) is 10.2 Å². The van der Waals surface area contributed by atoms with Crippen molar-refractivity contribution in [3.05, 3.63) is 30.3 Å². The maximum Gasteiger partial charge on any atom is 0.193 e. The molecular weight excluding hydrogens is 387 g/mol. The minimum Gasteiger partial charge on any atom is -0.368 e. The summed E-state index contributed by atoms with van der Waals surface area (Å²) in [6.45, 7) is 9.66. The fraction of sp³-hybridized carbons (Fsp3) is 0.588. The van der Waals surface area contributed by atoms with Crippen molar-refractivity contribution >= 4 is 35.6 Å². The molecule has 2 rings (SSSR count). The third-order valence-electron chi connectivity index (χ3n) is 3.92. The summed E-state index contributed by atoms with van der Waals surface area (Å²) in [6, 6.07) is 10.7. The highest BCUT2D eigenvalue weighted by atomic mass is 127. The molecule has 0 aliphatic carbocycles. The molecule has 0 saturated carbocycles. The fourth-order valence-corrected chi connectivity index (χ4v) is 2.62. The molecular formula is C17H29IN4. The topological polar surface area (TPSA) is 30.9 Å². The lowest BCUT2D eigenvalue weighted by Gasteiger charge is -2.37. The first-order chi connectivity index (χ1) is 10.2. The van der Waals surface area contributed by atoms with Gasteiger partial charge in [-0.3, -0.25) is 4.99 Å². The summed E-state index contributed by atoms with van der Waals surface area (Å²) in [5.74, 6) is 1.77. The summed E-state index contributed by atoms with van der Waals surface area (Å²) < 4.78 is 0. The molecule has 1 aromatic rings. The fourth-order valence-electron chi connectivity index (χ4n) is 2.62. The molecule has 1 heterocycles. The first kappa shape index (κ1) is 19.1. The van der Waals surface area contributed by atoms with Gasteiger partial charge in [-0.15, -0.1) is 24.0 Å². The van der Waals surface area contributed by atoms with Gasteiger partial charge in [0, 0.05) is 45.5 Å². The quantitative estimate of drug-likeness (QED) is 0.465. The van der Waals surface area contributed by atoms with Gasteiger partial charge in [-0.2, -0.15) is 0 Å². The van der Waals surface area contributed by atoms with Gasteiger partial charge in [0.1, 0.15) is 0 Å². The standard InChI is InChI=1S/C17H28N4.HI/c1-15(2)9-10-19-17(18-3)21-13-11-20(12-14-21)16-7-5-4-6-8-16;/h4-8,15H,9-14H2,1-3H3,(H,18,19);1H.